The van der Waals surface area contributed by atoms with Gasteiger partial charge in [0.2, 0.25) is 5.89 Å². The Labute approximate surface area is 88.2 Å². The molecule has 1 N–H and O–H groups in total. The van der Waals surface area contributed by atoms with Crippen LogP contribution in [0.5, 0.6) is 0 Å². The predicted octanol–water partition coefficient (Wildman–Crippen LogP) is 0.998. The smallest absolute Gasteiger partial charge is 0.243 e. The zero-order valence-corrected chi connectivity index (χ0v) is 8.61. The Hall–Kier alpha value is -0.940. The molecule has 1 aromatic rings. The van der Waals surface area contributed by atoms with Gasteiger partial charge in [-0.25, -0.2) is 0 Å². The molecule has 5 nitrogen and oxygen atoms in total. The molecule has 0 amide bonds. The van der Waals surface area contributed by atoms with Crippen LogP contribution < -0.4 is 5.32 Å². The first kappa shape index (κ1) is 9.30. The summed E-state index contributed by atoms with van der Waals surface area (Å²) in [5.41, 5.74) is 0. The van der Waals surface area contributed by atoms with Crippen LogP contribution in [-0.4, -0.2) is 29.9 Å². The van der Waals surface area contributed by atoms with Crippen LogP contribution in [0.25, 0.3) is 0 Å². The first-order valence-corrected chi connectivity index (χ1v) is 5.58. The molecule has 0 saturated carbocycles. The molecular formula is C10H15N3O2. The summed E-state index contributed by atoms with van der Waals surface area (Å²) in [4.78, 5) is 4.45. The summed E-state index contributed by atoms with van der Waals surface area (Å²) in [7, 11) is 0. The highest BCUT2D eigenvalue weighted by atomic mass is 16.5. The van der Waals surface area contributed by atoms with Gasteiger partial charge in [-0.2, -0.15) is 4.98 Å². The Kier molecular flexibility index (Phi) is 2.42. The van der Waals surface area contributed by atoms with E-state index >= 15 is 0 Å². The molecule has 2 fully saturated rings. The third kappa shape index (κ3) is 1.77. The minimum atomic E-state index is 0.272. The molecular weight excluding hydrogens is 194 g/mol. The van der Waals surface area contributed by atoms with Gasteiger partial charge in [0.15, 0.2) is 5.82 Å². The van der Waals surface area contributed by atoms with E-state index in [0.717, 1.165) is 44.3 Å². The molecule has 0 aromatic carbocycles. The van der Waals surface area contributed by atoms with Crippen LogP contribution in [0.15, 0.2) is 4.52 Å². The summed E-state index contributed by atoms with van der Waals surface area (Å²) in [6.45, 7) is 2.60. The summed E-state index contributed by atoms with van der Waals surface area (Å²) in [5, 5.41) is 7.39. The fourth-order valence-corrected chi connectivity index (χ4v) is 2.19. The molecule has 3 heterocycles. The lowest BCUT2D eigenvalue weighted by Crippen LogP contribution is -2.13. The van der Waals surface area contributed by atoms with E-state index in [2.05, 4.69) is 15.5 Å². The van der Waals surface area contributed by atoms with Gasteiger partial charge in [0.05, 0.1) is 12.6 Å². The van der Waals surface area contributed by atoms with Crippen molar-refractivity contribution in [3.63, 3.8) is 0 Å². The van der Waals surface area contributed by atoms with Crippen LogP contribution in [0, 0.1) is 0 Å². The zero-order valence-electron chi connectivity index (χ0n) is 8.61. The van der Waals surface area contributed by atoms with Crippen LogP contribution in [-0.2, 0) is 4.74 Å². The van der Waals surface area contributed by atoms with Crippen LogP contribution in [0.4, 0.5) is 0 Å². The summed E-state index contributed by atoms with van der Waals surface area (Å²) >= 11 is 0. The summed E-state index contributed by atoms with van der Waals surface area (Å²) in [6.07, 6.45) is 3.30. The first-order chi connectivity index (χ1) is 7.43. The number of nitrogens with one attached hydrogen (secondary N) is 1. The van der Waals surface area contributed by atoms with Crippen molar-refractivity contribution in [1.29, 1.82) is 0 Å². The molecule has 0 spiro atoms. The lowest BCUT2D eigenvalue weighted by atomic mass is 10.1. The number of rotatable bonds is 2. The SMILES string of the molecule is C1CN[C@@H](c2nc(C3CCOC3)no2)C1. The highest BCUT2D eigenvalue weighted by Gasteiger charge is 2.26. The molecule has 1 aromatic heterocycles. The van der Waals surface area contributed by atoms with Crippen LogP contribution in [0.2, 0.25) is 0 Å². The van der Waals surface area contributed by atoms with Crippen LogP contribution in [0.3, 0.4) is 0 Å². The van der Waals surface area contributed by atoms with E-state index in [0.29, 0.717) is 5.92 Å². The van der Waals surface area contributed by atoms with Gasteiger partial charge in [-0.15, -0.1) is 0 Å². The molecule has 1 unspecified atom stereocenters. The second-order valence-electron chi connectivity index (χ2n) is 4.20. The standard InChI is InChI=1S/C10H15N3O2/c1-2-8(11-4-1)10-12-9(13-15-10)7-3-5-14-6-7/h7-8,11H,1-6H2/t7?,8-/m1/s1. The number of hydrogen-bond donors (Lipinski definition) is 1. The number of aromatic nitrogens is 2. The number of nitrogens with zero attached hydrogens (tertiary/aromatic N) is 2. The normalized spacial score (nSPS) is 31.2. The monoisotopic (exact) mass is 209 g/mol. The highest BCUT2D eigenvalue weighted by Crippen LogP contribution is 2.26. The topological polar surface area (TPSA) is 60.2 Å². The third-order valence-corrected chi connectivity index (χ3v) is 3.11. The minimum Gasteiger partial charge on any atom is -0.381 e. The van der Waals surface area contributed by atoms with Gasteiger partial charge in [0.1, 0.15) is 0 Å². The molecule has 3 rings (SSSR count). The third-order valence-electron chi connectivity index (χ3n) is 3.11. The second-order valence-corrected chi connectivity index (χ2v) is 4.20. The van der Waals surface area contributed by atoms with E-state index in [-0.39, 0.29) is 6.04 Å². The van der Waals surface area contributed by atoms with Crippen LogP contribution >= 0.6 is 0 Å². The summed E-state index contributed by atoms with van der Waals surface area (Å²) in [6, 6.07) is 0.272. The predicted molar refractivity (Wildman–Crippen MR) is 52.5 cm³/mol. The van der Waals surface area contributed by atoms with E-state index in [1.165, 1.54) is 6.42 Å². The van der Waals surface area contributed by atoms with E-state index in [1.807, 2.05) is 0 Å². The van der Waals surface area contributed by atoms with Crippen molar-refractivity contribution in [3.05, 3.63) is 11.7 Å². The Bertz CT molecular complexity index is 297. The first-order valence-electron chi connectivity index (χ1n) is 5.58. The van der Waals surface area contributed by atoms with Gasteiger partial charge in [-0.3, -0.25) is 0 Å². The molecule has 15 heavy (non-hydrogen) atoms. The van der Waals surface area contributed by atoms with Crippen molar-refractivity contribution >= 4 is 0 Å². The quantitative estimate of drug-likeness (QED) is 0.787. The van der Waals surface area contributed by atoms with Gasteiger partial charge < -0.3 is 14.6 Å². The van der Waals surface area contributed by atoms with Crippen molar-refractivity contribution in [2.75, 3.05) is 19.8 Å². The molecule has 2 aliphatic heterocycles. The van der Waals surface area contributed by atoms with Gasteiger partial charge >= 0.3 is 0 Å². The second kappa shape index (κ2) is 3.90. The fraction of sp³-hybridized carbons (Fsp3) is 0.800. The average molecular weight is 209 g/mol. The number of ether oxygens (including phenoxy) is 1. The minimum absolute atomic E-state index is 0.272. The largest absolute Gasteiger partial charge is 0.381 e. The molecule has 2 atom stereocenters. The highest BCUT2D eigenvalue weighted by molar-refractivity contribution is 5.01. The average Bonchev–Trinajstić information content (AvgIpc) is 3.02. The maximum atomic E-state index is 5.31. The molecule has 82 valence electrons. The number of hydrogen-bond acceptors (Lipinski definition) is 5. The van der Waals surface area contributed by atoms with Crippen molar-refractivity contribution in [2.45, 2.75) is 31.2 Å². The van der Waals surface area contributed by atoms with Gasteiger partial charge in [0, 0.05) is 12.5 Å². The Morgan fingerprint density at radius 2 is 2.33 bits per heavy atom. The summed E-state index contributed by atoms with van der Waals surface area (Å²) in [5.74, 6) is 1.90. The lowest BCUT2D eigenvalue weighted by Gasteiger charge is -2.02. The molecule has 2 aliphatic rings. The van der Waals surface area contributed by atoms with Crippen molar-refractivity contribution in [3.8, 4) is 0 Å². The van der Waals surface area contributed by atoms with E-state index in [4.69, 9.17) is 9.26 Å². The van der Waals surface area contributed by atoms with E-state index in [1.54, 1.807) is 0 Å². The molecule has 2 saturated heterocycles. The Balaban J connectivity index is 1.74. The van der Waals surface area contributed by atoms with Gasteiger partial charge in [0.25, 0.3) is 0 Å². The Morgan fingerprint density at radius 3 is 3.07 bits per heavy atom. The maximum absolute atomic E-state index is 5.31. The maximum Gasteiger partial charge on any atom is 0.243 e. The fourth-order valence-electron chi connectivity index (χ4n) is 2.19. The zero-order chi connectivity index (χ0) is 10.1. The molecule has 5 heteroatoms. The van der Waals surface area contributed by atoms with Crippen LogP contribution in [0.1, 0.15) is 42.9 Å². The lowest BCUT2D eigenvalue weighted by molar-refractivity contribution is 0.192. The van der Waals surface area contributed by atoms with E-state index < -0.39 is 0 Å². The van der Waals surface area contributed by atoms with E-state index in [9.17, 15) is 0 Å². The van der Waals surface area contributed by atoms with Crippen molar-refractivity contribution < 1.29 is 9.26 Å². The Morgan fingerprint density at radius 1 is 1.33 bits per heavy atom. The van der Waals surface area contributed by atoms with Gasteiger partial charge in [-0.05, 0) is 25.8 Å². The molecule has 0 bridgehead atoms. The molecule has 0 aliphatic carbocycles. The molecule has 0 radical (unpaired) electrons. The van der Waals surface area contributed by atoms with Crippen molar-refractivity contribution in [1.82, 2.24) is 15.5 Å². The van der Waals surface area contributed by atoms with Crippen molar-refractivity contribution in [2.24, 2.45) is 0 Å². The summed E-state index contributed by atoms with van der Waals surface area (Å²) < 4.78 is 10.6. The van der Waals surface area contributed by atoms with Gasteiger partial charge in [-0.1, -0.05) is 5.16 Å².